The number of carbonyl (C=O) groups excluding carboxylic acids is 1. The maximum atomic E-state index is 12.3. The third kappa shape index (κ3) is 5.43. The number of nitrogens with zero attached hydrogens (tertiary/aromatic N) is 2. The van der Waals surface area contributed by atoms with Crippen LogP contribution in [0.4, 0.5) is 5.69 Å². The number of aromatic nitrogens is 2. The van der Waals surface area contributed by atoms with Crippen molar-refractivity contribution in [3.05, 3.63) is 75.5 Å². The number of carbonyl (C=O) groups is 1. The van der Waals surface area contributed by atoms with Crippen LogP contribution in [0, 0.1) is 0 Å². The van der Waals surface area contributed by atoms with E-state index >= 15 is 0 Å². The molecular weight excluding hydrogens is 422 g/mol. The second-order valence-corrected chi connectivity index (χ2v) is 8.26. The maximum Gasteiger partial charge on any atom is 0.271 e. The van der Waals surface area contributed by atoms with Gasteiger partial charge in [-0.1, -0.05) is 49.3 Å². The Morgan fingerprint density at radius 1 is 1.17 bits per heavy atom. The summed E-state index contributed by atoms with van der Waals surface area (Å²) in [6.07, 6.45) is 0. The lowest BCUT2D eigenvalue weighted by atomic mass is 10.0. The first-order chi connectivity index (χ1) is 14.4. The number of halogens is 1. The molecule has 1 heterocycles. The van der Waals surface area contributed by atoms with E-state index in [-0.39, 0.29) is 17.2 Å². The summed E-state index contributed by atoms with van der Waals surface area (Å²) in [5.74, 6) is 0.880. The molecule has 1 N–H and O–H groups in total. The molecule has 3 rings (SSSR count). The Morgan fingerprint density at radius 3 is 2.53 bits per heavy atom. The molecule has 2 aromatic carbocycles. The number of ether oxygens (including phenoxy) is 1. The van der Waals surface area contributed by atoms with Crippen molar-refractivity contribution in [2.24, 2.45) is 0 Å². The van der Waals surface area contributed by atoms with Crippen molar-refractivity contribution < 1.29 is 9.53 Å². The van der Waals surface area contributed by atoms with E-state index in [1.54, 1.807) is 24.3 Å². The van der Waals surface area contributed by atoms with Crippen LogP contribution in [0.2, 0.25) is 5.02 Å². The Bertz CT molecular complexity index is 1100. The number of methoxy groups -OCH3 is 1. The summed E-state index contributed by atoms with van der Waals surface area (Å²) in [5, 5.41) is 8.16. The van der Waals surface area contributed by atoms with Crippen molar-refractivity contribution in [1.29, 1.82) is 0 Å². The quantitative estimate of drug-likeness (QED) is 0.533. The van der Waals surface area contributed by atoms with E-state index in [4.69, 9.17) is 16.3 Å². The minimum absolute atomic E-state index is 0.140. The van der Waals surface area contributed by atoms with E-state index in [1.165, 1.54) is 35.2 Å². The van der Waals surface area contributed by atoms with Gasteiger partial charge in [0.2, 0.25) is 5.91 Å². The summed E-state index contributed by atoms with van der Waals surface area (Å²) in [4.78, 5) is 24.5. The molecule has 0 radical (unpaired) electrons. The van der Waals surface area contributed by atoms with Gasteiger partial charge in [0, 0.05) is 11.8 Å². The molecule has 8 heteroatoms. The fourth-order valence-corrected chi connectivity index (χ4v) is 3.65. The van der Waals surface area contributed by atoms with Gasteiger partial charge in [-0.15, -0.1) is 0 Å². The van der Waals surface area contributed by atoms with Gasteiger partial charge in [0.15, 0.2) is 0 Å². The predicted octanol–water partition coefficient (Wildman–Crippen LogP) is 4.75. The zero-order chi connectivity index (χ0) is 21.7. The summed E-state index contributed by atoms with van der Waals surface area (Å²) in [5.41, 5.74) is 2.22. The van der Waals surface area contributed by atoms with Crippen LogP contribution < -0.4 is 15.6 Å². The Labute approximate surface area is 184 Å². The molecule has 0 aliphatic rings. The van der Waals surface area contributed by atoms with Gasteiger partial charge in [0.25, 0.3) is 5.56 Å². The van der Waals surface area contributed by atoms with Crippen molar-refractivity contribution >= 4 is 35.0 Å². The van der Waals surface area contributed by atoms with Crippen LogP contribution in [-0.4, -0.2) is 28.6 Å². The van der Waals surface area contributed by atoms with Crippen LogP contribution in [0.15, 0.2) is 64.4 Å². The molecule has 0 saturated carbocycles. The molecule has 0 aliphatic heterocycles. The predicted molar refractivity (Wildman–Crippen MR) is 121 cm³/mol. The number of nitrogens with one attached hydrogen (secondary N) is 1. The largest absolute Gasteiger partial charge is 0.495 e. The van der Waals surface area contributed by atoms with Gasteiger partial charge < -0.3 is 10.1 Å². The van der Waals surface area contributed by atoms with Gasteiger partial charge in [-0.3, -0.25) is 9.59 Å². The second kappa shape index (κ2) is 9.82. The first kappa shape index (κ1) is 21.9. The molecule has 156 valence electrons. The Morgan fingerprint density at radius 2 is 1.90 bits per heavy atom. The summed E-state index contributed by atoms with van der Waals surface area (Å²) in [7, 11) is 1.53. The molecule has 0 bridgehead atoms. The van der Waals surface area contributed by atoms with Gasteiger partial charge in [-0.2, -0.15) is 9.78 Å². The Balaban J connectivity index is 1.67. The van der Waals surface area contributed by atoms with Crippen LogP contribution in [0.5, 0.6) is 5.75 Å². The third-order valence-electron chi connectivity index (χ3n) is 4.37. The molecule has 1 amide bonds. The van der Waals surface area contributed by atoms with Gasteiger partial charge in [-0.05, 0) is 47.9 Å². The number of thioether (sulfide) groups is 1. The molecule has 3 aromatic rings. The molecule has 0 spiro atoms. The normalized spacial score (nSPS) is 10.8. The fourth-order valence-electron chi connectivity index (χ4n) is 2.74. The lowest BCUT2D eigenvalue weighted by Gasteiger charge is -2.10. The molecular formula is C22H22ClN3O3S. The second-order valence-electron chi connectivity index (χ2n) is 6.85. The number of benzene rings is 2. The van der Waals surface area contributed by atoms with Crippen LogP contribution in [0.25, 0.3) is 5.69 Å². The lowest BCUT2D eigenvalue weighted by molar-refractivity contribution is -0.113. The summed E-state index contributed by atoms with van der Waals surface area (Å²) < 4.78 is 6.44. The highest BCUT2D eigenvalue weighted by molar-refractivity contribution is 7.99. The minimum Gasteiger partial charge on any atom is -0.495 e. The van der Waals surface area contributed by atoms with E-state index < -0.39 is 0 Å². The van der Waals surface area contributed by atoms with E-state index in [2.05, 4.69) is 24.3 Å². The topological polar surface area (TPSA) is 73.2 Å². The van der Waals surface area contributed by atoms with E-state index in [0.717, 1.165) is 0 Å². The highest BCUT2D eigenvalue weighted by Gasteiger charge is 2.09. The molecule has 0 unspecified atom stereocenters. The average molecular weight is 444 g/mol. The molecule has 0 aliphatic carbocycles. The lowest BCUT2D eigenvalue weighted by Crippen LogP contribution is -2.21. The van der Waals surface area contributed by atoms with Crippen molar-refractivity contribution in [3.63, 3.8) is 0 Å². The average Bonchev–Trinajstić information content (AvgIpc) is 2.73. The SMILES string of the molecule is COc1ccc(NC(=O)CSc2ccc(=O)n(-c3ccc(C(C)C)cc3)n2)cc1Cl. The fraction of sp³-hybridized carbons (Fsp3) is 0.227. The van der Waals surface area contributed by atoms with Crippen LogP contribution in [-0.2, 0) is 4.79 Å². The number of amides is 1. The number of rotatable bonds is 7. The Kier molecular flexibility index (Phi) is 7.18. The van der Waals surface area contributed by atoms with Gasteiger partial charge >= 0.3 is 0 Å². The molecule has 0 fully saturated rings. The summed E-state index contributed by atoms with van der Waals surface area (Å²) in [6, 6.07) is 15.8. The van der Waals surface area contributed by atoms with Crippen molar-refractivity contribution in [3.8, 4) is 11.4 Å². The van der Waals surface area contributed by atoms with Crippen LogP contribution in [0.1, 0.15) is 25.3 Å². The summed E-state index contributed by atoms with van der Waals surface area (Å²) in [6.45, 7) is 4.23. The van der Waals surface area contributed by atoms with E-state index in [0.29, 0.717) is 33.1 Å². The zero-order valence-corrected chi connectivity index (χ0v) is 18.5. The highest BCUT2D eigenvalue weighted by atomic mass is 35.5. The first-order valence-electron chi connectivity index (χ1n) is 9.34. The molecule has 1 aromatic heterocycles. The van der Waals surface area contributed by atoms with E-state index in [9.17, 15) is 9.59 Å². The smallest absolute Gasteiger partial charge is 0.271 e. The van der Waals surface area contributed by atoms with E-state index in [1.807, 2.05) is 24.3 Å². The number of hydrogen-bond acceptors (Lipinski definition) is 5. The molecule has 0 saturated heterocycles. The van der Waals surface area contributed by atoms with Gasteiger partial charge in [0.05, 0.1) is 23.6 Å². The van der Waals surface area contributed by atoms with Gasteiger partial charge in [0.1, 0.15) is 10.8 Å². The molecule has 30 heavy (non-hydrogen) atoms. The maximum absolute atomic E-state index is 12.3. The molecule has 0 atom stereocenters. The van der Waals surface area contributed by atoms with Crippen LogP contribution >= 0.6 is 23.4 Å². The Hall–Kier alpha value is -2.77. The van der Waals surface area contributed by atoms with Crippen molar-refractivity contribution in [1.82, 2.24) is 9.78 Å². The first-order valence-corrected chi connectivity index (χ1v) is 10.7. The summed E-state index contributed by atoms with van der Waals surface area (Å²) >= 11 is 7.32. The van der Waals surface area contributed by atoms with Crippen molar-refractivity contribution in [2.45, 2.75) is 24.8 Å². The number of hydrogen-bond donors (Lipinski definition) is 1. The molecule has 6 nitrogen and oxygen atoms in total. The van der Waals surface area contributed by atoms with Crippen molar-refractivity contribution in [2.75, 3.05) is 18.2 Å². The third-order valence-corrected chi connectivity index (χ3v) is 5.58. The van der Waals surface area contributed by atoms with Crippen LogP contribution in [0.3, 0.4) is 0 Å². The minimum atomic E-state index is -0.228. The standard InChI is InChI=1S/C22H22ClN3O3S/c1-14(2)15-4-7-17(8-5-15)26-22(28)11-10-21(25-26)30-13-20(27)24-16-6-9-19(29-3)18(23)12-16/h4-12,14H,13H2,1-3H3,(H,24,27). The number of anilines is 1. The zero-order valence-electron chi connectivity index (χ0n) is 16.9. The monoisotopic (exact) mass is 443 g/mol. The highest BCUT2D eigenvalue weighted by Crippen LogP contribution is 2.27. The van der Waals surface area contributed by atoms with Gasteiger partial charge in [-0.25, -0.2) is 0 Å².